The van der Waals surface area contributed by atoms with Gasteiger partial charge in [0.15, 0.2) is 0 Å². The predicted octanol–water partition coefficient (Wildman–Crippen LogP) is 3.37. The van der Waals surface area contributed by atoms with E-state index in [1.54, 1.807) is 24.3 Å². The van der Waals surface area contributed by atoms with Gasteiger partial charge in [0, 0.05) is 6.42 Å². The van der Waals surface area contributed by atoms with Crippen LogP contribution < -0.4 is 10.2 Å². The molecule has 1 aromatic carbocycles. The van der Waals surface area contributed by atoms with Gasteiger partial charge in [-0.1, -0.05) is 42.5 Å². The molecule has 1 N–H and O–H groups in total. The molecule has 4 aliphatic rings. The maximum atomic E-state index is 13.1. The highest BCUT2D eigenvalue weighted by Crippen LogP contribution is 2.50. The Morgan fingerprint density at radius 3 is 2.29 bits per heavy atom. The van der Waals surface area contributed by atoms with E-state index in [1.165, 1.54) is 16.2 Å². The predicted molar refractivity (Wildman–Crippen MR) is 118 cm³/mol. The molecular formula is C23H24N4O3S. The van der Waals surface area contributed by atoms with Gasteiger partial charge in [0.2, 0.25) is 22.9 Å². The summed E-state index contributed by atoms with van der Waals surface area (Å²) in [5.41, 5.74) is 1.39. The van der Waals surface area contributed by atoms with E-state index in [1.807, 2.05) is 0 Å². The minimum Gasteiger partial charge on any atom is -0.300 e. The van der Waals surface area contributed by atoms with Gasteiger partial charge in [0.1, 0.15) is 5.01 Å². The van der Waals surface area contributed by atoms with Crippen molar-refractivity contribution in [3.63, 3.8) is 0 Å². The number of benzene rings is 1. The average Bonchev–Trinajstić information content (AvgIpc) is 3.33. The standard InChI is InChI=1S/C23H24N4O3S/c1-2-3-18-25-26-23(31-18)24-17(28)12-13-4-10-16(11-5-13)27-21(29)19-14-6-7-15(9-8-14)20(19)22(27)30/h4-7,10-11,14-15,19-20H,2-3,8-9,12H2,1H3,(H,24,26,28). The second-order valence-electron chi connectivity index (χ2n) is 8.50. The van der Waals surface area contributed by atoms with E-state index in [4.69, 9.17) is 0 Å². The first-order chi connectivity index (χ1) is 15.0. The Bertz CT molecular complexity index is 1030. The van der Waals surface area contributed by atoms with E-state index in [9.17, 15) is 14.4 Å². The molecule has 6 rings (SSSR count). The molecule has 3 aliphatic carbocycles. The fraction of sp³-hybridized carbons (Fsp3) is 0.435. The summed E-state index contributed by atoms with van der Waals surface area (Å²) >= 11 is 1.39. The smallest absolute Gasteiger partial charge is 0.238 e. The highest BCUT2D eigenvalue weighted by molar-refractivity contribution is 7.15. The zero-order valence-corrected chi connectivity index (χ0v) is 18.1. The molecule has 8 heteroatoms. The molecule has 160 valence electrons. The Morgan fingerprint density at radius 2 is 1.71 bits per heavy atom. The minimum absolute atomic E-state index is 0.0845. The quantitative estimate of drug-likeness (QED) is 0.554. The van der Waals surface area contributed by atoms with Crippen molar-refractivity contribution in [3.05, 3.63) is 47.0 Å². The second-order valence-corrected chi connectivity index (χ2v) is 9.56. The molecule has 0 spiro atoms. The number of amides is 3. The fourth-order valence-electron chi connectivity index (χ4n) is 5.06. The molecule has 1 saturated carbocycles. The minimum atomic E-state index is -0.216. The normalized spacial score (nSPS) is 26.4. The molecule has 1 saturated heterocycles. The van der Waals surface area contributed by atoms with Gasteiger partial charge in [-0.2, -0.15) is 0 Å². The van der Waals surface area contributed by atoms with Crippen LogP contribution in [0, 0.1) is 23.7 Å². The molecule has 4 unspecified atom stereocenters. The summed E-state index contributed by atoms with van der Waals surface area (Å²) in [7, 11) is 0. The molecule has 3 amide bonds. The van der Waals surface area contributed by atoms with Crippen LogP contribution in [0.4, 0.5) is 10.8 Å². The first-order valence-corrected chi connectivity index (χ1v) is 11.6. The van der Waals surface area contributed by atoms with Crippen molar-refractivity contribution in [2.24, 2.45) is 23.7 Å². The molecule has 0 radical (unpaired) electrons. The van der Waals surface area contributed by atoms with E-state index in [2.05, 4.69) is 34.6 Å². The Morgan fingerprint density at radius 1 is 1.06 bits per heavy atom. The van der Waals surface area contributed by atoms with Crippen LogP contribution in [0.1, 0.15) is 36.8 Å². The highest BCUT2D eigenvalue weighted by atomic mass is 32.1. The van der Waals surface area contributed by atoms with Crippen LogP contribution in [0.2, 0.25) is 0 Å². The topological polar surface area (TPSA) is 92.3 Å². The summed E-state index contributed by atoms with van der Waals surface area (Å²) in [5.74, 6) is -0.418. The number of nitrogens with zero attached hydrogens (tertiary/aromatic N) is 3. The van der Waals surface area contributed by atoms with Crippen molar-refractivity contribution in [2.45, 2.75) is 39.0 Å². The van der Waals surface area contributed by atoms with E-state index in [0.29, 0.717) is 10.8 Å². The maximum absolute atomic E-state index is 13.1. The number of aryl methyl sites for hydroxylation is 1. The molecule has 7 nitrogen and oxygen atoms in total. The lowest BCUT2D eigenvalue weighted by Gasteiger charge is -2.38. The molecular weight excluding hydrogens is 412 g/mol. The van der Waals surface area contributed by atoms with Crippen molar-refractivity contribution >= 4 is 39.9 Å². The van der Waals surface area contributed by atoms with Crippen molar-refractivity contribution in [3.8, 4) is 0 Å². The second kappa shape index (κ2) is 8.00. The zero-order chi connectivity index (χ0) is 21.5. The number of aromatic nitrogens is 2. The molecule has 1 aliphatic heterocycles. The van der Waals surface area contributed by atoms with Gasteiger partial charge in [0.05, 0.1) is 23.9 Å². The zero-order valence-electron chi connectivity index (χ0n) is 17.3. The lowest BCUT2D eigenvalue weighted by Crippen LogP contribution is -2.38. The number of nitrogens with one attached hydrogen (secondary N) is 1. The van der Waals surface area contributed by atoms with Gasteiger partial charge < -0.3 is 5.32 Å². The Balaban J connectivity index is 1.25. The maximum Gasteiger partial charge on any atom is 0.238 e. The van der Waals surface area contributed by atoms with Crippen LogP contribution in [0.3, 0.4) is 0 Å². The number of rotatable bonds is 6. The van der Waals surface area contributed by atoms with Crippen molar-refractivity contribution in [1.29, 1.82) is 0 Å². The van der Waals surface area contributed by atoms with Gasteiger partial charge in [-0.25, -0.2) is 0 Å². The summed E-state index contributed by atoms with van der Waals surface area (Å²) < 4.78 is 0. The summed E-state index contributed by atoms with van der Waals surface area (Å²) in [6, 6.07) is 7.12. The number of carbonyl (C=O) groups is 3. The summed E-state index contributed by atoms with van der Waals surface area (Å²) in [5, 5.41) is 12.3. The van der Waals surface area contributed by atoms with Crippen molar-refractivity contribution in [2.75, 3.05) is 10.2 Å². The molecule has 2 bridgehead atoms. The Kier molecular flexibility index (Phi) is 5.17. The van der Waals surface area contributed by atoms with Gasteiger partial charge >= 0.3 is 0 Å². The van der Waals surface area contributed by atoms with Gasteiger partial charge in [-0.3, -0.25) is 19.3 Å². The van der Waals surface area contributed by atoms with Crippen LogP contribution in [-0.2, 0) is 27.2 Å². The number of hydrogen-bond donors (Lipinski definition) is 1. The molecule has 4 atom stereocenters. The van der Waals surface area contributed by atoms with Crippen LogP contribution >= 0.6 is 11.3 Å². The van der Waals surface area contributed by atoms with Crippen LogP contribution in [0.25, 0.3) is 0 Å². The molecule has 1 aromatic heterocycles. The average molecular weight is 437 g/mol. The SMILES string of the molecule is CCCc1nnc(NC(=O)Cc2ccc(N3C(=O)C4C5C=CC(CC5)C4C3=O)cc2)s1. The number of anilines is 2. The Hall–Kier alpha value is -2.87. The number of allylic oxidation sites excluding steroid dienone is 2. The number of carbonyl (C=O) groups excluding carboxylic acids is 3. The third-order valence-corrected chi connectivity index (χ3v) is 7.39. The first-order valence-electron chi connectivity index (χ1n) is 10.8. The fourth-order valence-corrected chi connectivity index (χ4v) is 5.92. The lowest BCUT2D eigenvalue weighted by atomic mass is 9.63. The summed E-state index contributed by atoms with van der Waals surface area (Å²) in [6.07, 6.45) is 8.22. The van der Waals surface area contributed by atoms with Gasteiger partial charge in [0.25, 0.3) is 0 Å². The van der Waals surface area contributed by atoms with Crippen LogP contribution in [-0.4, -0.2) is 27.9 Å². The molecule has 2 heterocycles. The molecule has 2 fully saturated rings. The summed E-state index contributed by atoms with van der Waals surface area (Å²) in [6.45, 7) is 2.07. The largest absolute Gasteiger partial charge is 0.300 e. The lowest BCUT2D eigenvalue weighted by molar-refractivity contribution is -0.124. The van der Waals surface area contributed by atoms with Gasteiger partial charge in [-0.05, 0) is 48.8 Å². The molecule has 2 aromatic rings. The third kappa shape index (κ3) is 3.59. The van der Waals surface area contributed by atoms with E-state index < -0.39 is 0 Å². The number of imide groups is 1. The van der Waals surface area contributed by atoms with Crippen LogP contribution in [0.5, 0.6) is 0 Å². The van der Waals surface area contributed by atoms with Crippen molar-refractivity contribution < 1.29 is 14.4 Å². The van der Waals surface area contributed by atoms with E-state index in [0.717, 1.165) is 36.3 Å². The monoisotopic (exact) mass is 436 g/mol. The third-order valence-electron chi connectivity index (χ3n) is 6.50. The Labute approximate surface area is 184 Å². The van der Waals surface area contributed by atoms with Crippen LogP contribution in [0.15, 0.2) is 36.4 Å². The first kappa shape index (κ1) is 20.1. The number of hydrogen-bond acceptors (Lipinski definition) is 6. The van der Waals surface area contributed by atoms with E-state index >= 15 is 0 Å². The number of fused-ring (bicyclic) bond motifs is 1. The molecule has 31 heavy (non-hydrogen) atoms. The highest BCUT2D eigenvalue weighted by Gasteiger charge is 2.56. The van der Waals surface area contributed by atoms with E-state index in [-0.39, 0.29) is 47.8 Å². The summed E-state index contributed by atoms with van der Waals surface area (Å²) in [4.78, 5) is 39.8. The van der Waals surface area contributed by atoms with Crippen molar-refractivity contribution in [1.82, 2.24) is 10.2 Å². The van der Waals surface area contributed by atoms with Gasteiger partial charge in [-0.15, -0.1) is 10.2 Å².